The zero-order valence-corrected chi connectivity index (χ0v) is 12.8. The minimum atomic E-state index is 0.267. The number of hydrogen-bond donors (Lipinski definition) is 0. The molecule has 3 unspecified atom stereocenters. The SMILES string of the molecule is CC1=C2c3ccc(C)c(C)c3CC23CC(CC3C)C1=O. The van der Waals surface area contributed by atoms with E-state index in [2.05, 4.69) is 39.8 Å². The monoisotopic (exact) mass is 266 g/mol. The molecule has 3 aliphatic rings. The van der Waals surface area contributed by atoms with E-state index in [-0.39, 0.29) is 5.41 Å². The van der Waals surface area contributed by atoms with Gasteiger partial charge in [-0.05, 0) is 79.4 Å². The first-order valence-electron chi connectivity index (χ1n) is 7.80. The molecule has 1 aromatic rings. The molecule has 0 amide bonds. The van der Waals surface area contributed by atoms with Gasteiger partial charge in [-0.25, -0.2) is 0 Å². The Morgan fingerprint density at radius 1 is 1.20 bits per heavy atom. The summed E-state index contributed by atoms with van der Waals surface area (Å²) in [5, 5.41) is 0. The van der Waals surface area contributed by atoms with Crippen LogP contribution in [-0.2, 0) is 11.2 Å². The summed E-state index contributed by atoms with van der Waals surface area (Å²) in [7, 11) is 0. The third-order valence-electron chi connectivity index (χ3n) is 6.44. The lowest BCUT2D eigenvalue weighted by Gasteiger charge is -2.34. The highest BCUT2D eigenvalue weighted by Crippen LogP contribution is 2.64. The van der Waals surface area contributed by atoms with Crippen LogP contribution in [0, 0.1) is 31.1 Å². The number of Topliss-reactive ketones (excluding diaryl/α,β-unsaturated/α-hetero) is 1. The number of benzene rings is 1. The van der Waals surface area contributed by atoms with Crippen molar-refractivity contribution in [3.63, 3.8) is 0 Å². The van der Waals surface area contributed by atoms with E-state index < -0.39 is 0 Å². The highest BCUT2D eigenvalue weighted by atomic mass is 16.1. The molecule has 0 radical (unpaired) electrons. The molecule has 3 aliphatic carbocycles. The molecule has 0 N–H and O–H groups in total. The number of aryl methyl sites for hydroxylation is 1. The average molecular weight is 266 g/mol. The van der Waals surface area contributed by atoms with Gasteiger partial charge in [0.1, 0.15) is 0 Å². The normalized spacial score (nSPS) is 34.5. The molecule has 1 nitrogen and oxygen atoms in total. The second-order valence-electron chi connectivity index (χ2n) is 7.27. The molecule has 20 heavy (non-hydrogen) atoms. The van der Waals surface area contributed by atoms with E-state index in [1.807, 2.05) is 0 Å². The van der Waals surface area contributed by atoms with Crippen molar-refractivity contribution in [3.8, 4) is 0 Å². The van der Waals surface area contributed by atoms with Gasteiger partial charge in [-0.15, -0.1) is 0 Å². The van der Waals surface area contributed by atoms with Gasteiger partial charge >= 0.3 is 0 Å². The molecule has 3 atom stereocenters. The van der Waals surface area contributed by atoms with Crippen LogP contribution in [0.5, 0.6) is 0 Å². The summed E-state index contributed by atoms with van der Waals surface area (Å²) in [6, 6.07) is 4.49. The first-order valence-corrected chi connectivity index (χ1v) is 7.80. The number of hydrogen-bond acceptors (Lipinski definition) is 1. The summed E-state index contributed by atoms with van der Waals surface area (Å²) >= 11 is 0. The fourth-order valence-corrected chi connectivity index (χ4v) is 5.18. The Balaban J connectivity index is 2.05. The lowest BCUT2D eigenvalue weighted by Crippen LogP contribution is -2.29. The summed E-state index contributed by atoms with van der Waals surface area (Å²) in [5.41, 5.74) is 8.45. The Bertz CT molecular complexity index is 679. The van der Waals surface area contributed by atoms with Gasteiger partial charge < -0.3 is 0 Å². The fourth-order valence-electron chi connectivity index (χ4n) is 5.18. The maximum absolute atomic E-state index is 12.6. The maximum Gasteiger partial charge on any atom is 0.162 e. The minimum absolute atomic E-state index is 0.267. The van der Waals surface area contributed by atoms with Gasteiger partial charge in [0.15, 0.2) is 5.78 Å². The summed E-state index contributed by atoms with van der Waals surface area (Å²) < 4.78 is 0. The molecule has 0 aliphatic heterocycles. The smallest absolute Gasteiger partial charge is 0.162 e. The Morgan fingerprint density at radius 2 is 1.95 bits per heavy atom. The summed E-state index contributed by atoms with van der Waals surface area (Å²) in [4.78, 5) is 12.6. The van der Waals surface area contributed by atoms with Gasteiger partial charge in [0.05, 0.1) is 0 Å². The predicted octanol–water partition coefficient (Wildman–Crippen LogP) is 4.25. The summed E-state index contributed by atoms with van der Waals surface area (Å²) in [5.74, 6) is 1.35. The number of carbonyl (C=O) groups excluding carboxylic acids is 1. The fraction of sp³-hybridized carbons (Fsp3) is 0.526. The standard InChI is InChI=1S/C19H22O/c1-10-5-6-15-16(12(10)3)9-19-8-14(7-11(19)2)18(20)13(4)17(15)19/h5-6,11,14H,7-9H2,1-4H3. The highest BCUT2D eigenvalue weighted by molar-refractivity contribution is 6.08. The van der Waals surface area contributed by atoms with Crippen LogP contribution in [0.4, 0.5) is 0 Å². The van der Waals surface area contributed by atoms with Crippen molar-refractivity contribution < 1.29 is 4.79 Å². The second kappa shape index (κ2) is 3.63. The Kier molecular flexibility index (Phi) is 2.25. The van der Waals surface area contributed by atoms with Crippen LogP contribution < -0.4 is 0 Å². The van der Waals surface area contributed by atoms with E-state index >= 15 is 0 Å². The zero-order valence-electron chi connectivity index (χ0n) is 12.8. The van der Waals surface area contributed by atoms with Gasteiger partial charge in [-0.3, -0.25) is 4.79 Å². The zero-order chi connectivity index (χ0) is 14.2. The molecule has 1 aromatic carbocycles. The number of allylic oxidation sites excluding steroid dienone is 2. The molecule has 1 fully saturated rings. The van der Waals surface area contributed by atoms with Crippen LogP contribution in [0.2, 0.25) is 0 Å². The van der Waals surface area contributed by atoms with Crippen molar-refractivity contribution in [3.05, 3.63) is 40.0 Å². The van der Waals surface area contributed by atoms with Crippen molar-refractivity contribution in [2.45, 2.75) is 47.0 Å². The first-order chi connectivity index (χ1) is 9.45. The lowest BCUT2D eigenvalue weighted by atomic mass is 9.68. The Hall–Kier alpha value is -1.37. The summed E-state index contributed by atoms with van der Waals surface area (Å²) in [6.45, 7) is 8.88. The molecule has 0 saturated heterocycles. The minimum Gasteiger partial charge on any atom is -0.294 e. The molecule has 1 spiro atoms. The third-order valence-corrected chi connectivity index (χ3v) is 6.44. The molecule has 2 bridgehead atoms. The van der Waals surface area contributed by atoms with Crippen LogP contribution in [0.25, 0.3) is 5.57 Å². The van der Waals surface area contributed by atoms with Gasteiger partial charge in [-0.2, -0.15) is 0 Å². The molecule has 104 valence electrons. The third kappa shape index (κ3) is 1.22. The maximum atomic E-state index is 12.6. The van der Waals surface area contributed by atoms with Crippen LogP contribution >= 0.6 is 0 Å². The largest absolute Gasteiger partial charge is 0.294 e. The molecule has 1 heteroatoms. The van der Waals surface area contributed by atoms with Crippen molar-refractivity contribution in [2.24, 2.45) is 17.3 Å². The van der Waals surface area contributed by atoms with Crippen molar-refractivity contribution in [1.29, 1.82) is 0 Å². The molecular formula is C19H22O. The Labute approximate surface area is 121 Å². The van der Waals surface area contributed by atoms with Crippen molar-refractivity contribution in [2.75, 3.05) is 0 Å². The van der Waals surface area contributed by atoms with Crippen LogP contribution in [0.1, 0.15) is 48.9 Å². The number of fused-ring (bicyclic) bond motifs is 3. The van der Waals surface area contributed by atoms with E-state index in [0.717, 1.165) is 24.8 Å². The quantitative estimate of drug-likeness (QED) is 0.686. The molecule has 4 rings (SSSR count). The van der Waals surface area contributed by atoms with Crippen LogP contribution in [0.3, 0.4) is 0 Å². The van der Waals surface area contributed by atoms with Gasteiger partial charge in [-0.1, -0.05) is 19.1 Å². The van der Waals surface area contributed by atoms with E-state index in [1.54, 1.807) is 0 Å². The highest BCUT2D eigenvalue weighted by Gasteiger charge is 2.57. The predicted molar refractivity (Wildman–Crippen MR) is 81.5 cm³/mol. The van der Waals surface area contributed by atoms with E-state index in [0.29, 0.717) is 17.6 Å². The lowest BCUT2D eigenvalue weighted by molar-refractivity contribution is -0.119. The Morgan fingerprint density at radius 3 is 2.70 bits per heavy atom. The number of rotatable bonds is 0. The molecule has 0 aromatic heterocycles. The van der Waals surface area contributed by atoms with Crippen molar-refractivity contribution >= 4 is 11.4 Å². The number of ketones is 1. The van der Waals surface area contributed by atoms with Crippen molar-refractivity contribution in [1.82, 2.24) is 0 Å². The molecular weight excluding hydrogens is 244 g/mol. The topological polar surface area (TPSA) is 17.1 Å². The summed E-state index contributed by atoms with van der Waals surface area (Å²) in [6.07, 6.45) is 3.34. The van der Waals surface area contributed by atoms with E-state index in [9.17, 15) is 4.79 Å². The average Bonchev–Trinajstić information content (AvgIpc) is 2.90. The van der Waals surface area contributed by atoms with Gasteiger partial charge in [0, 0.05) is 11.3 Å². The molecule has 0 heterocycles. The first kappa shape index (κ1) is 12.4. The van der Waals surface area contributed by atoms with Gasteiger partial charge in [0.2, 0.25) is 0 Å². The van der Waals surface area contributed by atoms with Gasteiger partial charge in [0.25, 0.3) is 0 Å². The van der Waals surface area contributed by atoms with E-state index in [4.69, 9.17) is 0 Å². The number of carbonyl (C=O) groups is 1. The second-order valence-corrected chi connectivity index (χ2v) is 7.27. The molecule has 1 saturated carbocycles. The van der Waals surface area contributed by atoms with E-state index in [1.165, 1.54) is 27.8 Å². The van der Waals surface area contributed by atoms with Crippen LogP contribution in [0.15, 0.2) is 17.7 Å². The van der Waals surface area contributed by atoms with Crippen LogP contribution in [-0.4, -0.2) is 5.78 Å².